The molecular weight excluding hydrogens is 492 g/mol. The number of ether oxygens (including phenoxy) is 1. The zero-order valence-electron chi connectivity index (χ0n) is 19.3. The monoisotopic (exact) mass is 514 g/mol. The van der Waals surface area contributed by atoms with Crippen LogP contribution in [-0.2, 0) is 4.74 Å². The molecule has 0 saturated carbocycles. The van der Waals surface area contributed by atoms with Gasteiger partial charge in [-0.15, -0.1) is 22.7 Å². The molecule has 0 aliphatic heterocycles. The number of benzene rings is 2. The first-order valence-electron chi connectivity index (χ1n) is 11.3. The third kappa shape index (κ3) is 4.68. The summed E-state index contributed by atoms with van der Waals surface area (Å²) in [7, 11) is 0. The van der Waals surface area contributed by atoms with E-state index in [-0.39, 0.29) is 11.7 Å². The summed E-state index contributed by atoms with van der Waals surface area (Å²) in [5.74, 6) is -1.22. The van der Waals surface area contributed by atoms with Crippen LogP contribution in [0.15, 0.2) is 83.6 Å². The van der Waals surface area contributed by atoms with E-state index in [0.29, 0.717) is 12.3 Å². The number of carboxylic acid groups (broad SMARTS) is 1. The van der Waals surface area contributed by atoms with Crippen LogP contribution in [0.4, 0.5) is 0 Å². The number of thiophene rings is 2. The SMILES string of the molecule is CCOC(=O)c1cc2c(-c3ccccc3)csc2[nH]1.O=C(O)c1cc2c(-c3ccccc3)csc2[nH]1. The van der Waals surface area contributed by atoms with E-state index in [9.17, 15) is 9.59 Å². The van der Waals surface area contributed by atoms with Gasteiger partial charge < -0.3 is 19.8 Å². The second-order valence-corrected chi connectivity index (χ2v) is 9.67. The number of nitrogens with one attached hydrogen (secondary N) is 2. The van der Waals surface area contributed by atoms with Gasteiger partial charge in [-0.3, -0.25) is 0 Å². The second kappa shape index (κ2) is 10.2. The van der Waals surface area contributed by atoms with Gasteiger partial charge >= 0.3 is 11.9 Å². The molecule has 0 unspecified atom stereocenters. The van der Waals surface area contributed by atoms with Crippen molar-refractivity contribution >= 4 is 55.0 Å². The molecule has 4 heterocycles. The molecule has 36 heavy (non-hydrogen) atoms. The number of hydrogen-bond acceptors (Lipinski definition) is 5. The number of esters is 1. The molecule has 0 aliphatic rings. The standard InChI is InChI=1S/C15H13NO2S.C13H9NO2S/c1-2-18-15(17)13-8-11-12(9-19-14(11)16-13)10-6-4-3-5-7-10;15-13(16)11-6-9-10(7-17-12(9)14-11)8-4-2-1-3-5-8/h3-9,16H,2H2,1H3;1-7,14H,(H,15,16). The van der Waals surface area contributed by atoms with Crippen LogP contribution >= 0.6 is 22.7 Å². The van der Waals surface area contributed by atoms with Gasteiger partial charge in [0.2, 0.25) is 0 Å². The zero-order chi connectivity index (χ0) is 25.1. The van der Waals surface area contributed by atoms with E-state index < -0.39 is 5.97 Å². The zero-order valence-corrected chi connectivity index (χ0v) is 20.9. The van der Waals surface area contributed by atoms with E-state index in [4.69, 9.17) is 9.84 Å². The van der Waals surface area contributed by atoms with Gasteiger partial charge in [0, 0.05) is 32.7 Å². The van der Waals surface area contributed by atoms with Gasteiger partial charge in [0.05, 0.1) is 6.61 Å². The lowest BCUT2D eigenvalue weighted by molar-refractivity contribution is 0.0520. The largest absolute Gasteiger partial charge is 0.477 e. The summed E-state index contributed by atoms with van der Waals surface area (Å²) in [6.07, 6.45) is 0. The Balaban J connectivity index is 0.000000149. The summed E-state index contributed by atoms with van der Waals surface area (Å²) >= 11 is 3.13. The lowest BCUT2D eigenvalue weighted by Gasteiger charge is -1.98. The van der Waals surface area contributed by atoms with Crippen LogP contribution in [0.2, 0.25) is 0 Å². The Labute approximate surface area is 214 Å². The molecule has 0 spiro atoms. The van der Waals surface area contributed by atoms with Crippen LogP contribution in [-0.4, -0.2) is 33.6 Å². The van der Waals surface area contributed by atoms with Crippen molar-refractivity contribution in [3.05, 3.63) is 94.9 Å². The van der Waals surface area contributed by atoms with Crippen LogP contribution in [0.1, 0.15) is 27.9 Å². The summed E-state index contributed by atoms with van der Waals surface area (Å²) in [6.45, 7) is 2.19. The Hall–Kier alpha value is -4.14. The maximum atomic E-state index is 11.7. The van der Waals surface area contributed by atoms with E-state index in [1.807, 2.05) is 60.0 Å². The number of aromatic amines is 2. The molecule has 0 radical (unpaired) electrons. The smallest absolute Gasteiger partial charge is 0.354 e. The number of carbonyl (C=O) groups excluding carboxylic acids is 1. The highest BCUT2D eigenvalue weighted by molar-refractivity contribution is 7.17. The van der Waals surface area contributed by atoms with E-state index >= 15 is 0 Å². The minimum absolute atomic E-state index is 0.240. The molecule has 0 fully saturated rings. The third-order valence-corrected chi connectivity index (χ3v) is 7.45. The number of rotatable bonds is 5. The first kappa shape index (κ1) is 23.6. The lowest BCUT2D eigenvalue weighted by atomic mass is 10.1. The maximum absolute atomic E-state index is 11.7. The number of aromatic carboxylic acids is 1. The number of fused-ring (bicyclic) bond motifs is 2. The molecule has 6 rings (SSSR count). The fourth-order valence-electron chi connectivity index (χ4n) is 3.94. The van der Waals surface area contributed by atoms with Crippen molar-refractivity contribution in [2.45, 2.75) is 6.92 Å². The van der Waals surface area contributed by atoms with Crippen LogP contribution in [0, 0.1) is 0 Å². The quantitative estimate of drug-likeness (QED) is 0.206. The van der Waals surface area contributed by atoms with Crippen molar-refractivity contribution in [2.24, 2.45) is 0 Å². The first-order valence-corrected chi connectivity index (χ1v) is 13.0. The van der Waals surface area contributed by atoms with E-state index in [1.165, 1.54) is 11.3 Å². The Morgan fingerprint density at radius 1 is 0.778 bits per heavy atom. The predicted octanol–water partition coefficient (Wildman–Crippen LogP) is 7.67. The maximum Gasteiger partial charge on any atom is 0.354 e. The van der Waals surface area contributed by atoms with Gasteiger partial charge in [0.15, 0.2) is 0 Å². The predicted molar refractivity (Wildman–Crippen MR) is 146 cm³/mol. The Bertz CT molecular complexity index is 1640. The number of H-pyrrole nitrogens is 2. The molecule has 0 bridgehead atoms. The van der Waals surface area contributed by atoms with Crippen LogP contribution in [0.25, 0.3) is 42.7 Å². The second-order valence-electron chi connectivity index (χ2n) is 7.91. The Morgan fingerprint density at radius 2 is 1.25 bits per heavy atom. The summed E-state index contributed by atoms with van der Waals surface area (Å²) in [6, 6.07) is 23.7. The van der Waals surface area contributed by atoms with Crippen LogP contribution < -0.4 is 0 Å². The molecule has 0 aliphatic carbocycles. The van der Waals surface area contributed by atoms with Gasteiger partial charge in [-0.2, -0.15) is 0 Å². The van der Waals surface area contributed by atoms with Crippen LogP contribution in [0.5, 0.6) is 0 Å². The molecule has 8 heteroatoms. The molecule has 180 valence electrons. The minimum atomic E-state index is -0.924. The number of carboxylic acids is 1. The summed E-state index contributed by atoms with van der Waals surface area (Å²) in [4.78, 5) is 30.5. The first-order chi connectivity index (χ1) is 17.5. The van der Waals surface area contributed by atoms with Crippen molar-refractivity contribution in [1.29, 1.82) is 0 Å². The highest BCUT2D eigenvalue weighted by Gasteiger charge is 2.15. The molecule has 0 amide bonds. The molecule has 4 aromatic heterocycles. The third-order valence-electron chi connectivity index (χ3n) is 5.63. The van der Waals surface area contributed by atoms with Crippen molar-refractivity contribution in [3.8, 4) is 22.3 Å². The van der Waals surface area contributed by atoms with Crippen LogP contribution in [0.3, 0.4) is 0 Å². The Kier molecular flexibility index (Phi) is 6.71. The minimum Gasteiger partial charge on any atom is -0.477 e. The normalized spacial score (nSPS) is 10.8. The average Bonchev–Trinajstić information content (AvgIpc) is 3.66. The van der Waals surface area contributed by atoms with E-state index in [1.54, 1.807) is 24.3 Å². The molecular formula is C28H22N2O4S2. The Morgan fingerprint density at radius 3 is 1.72 bits per heavy atom. The molecule has 3 N–H and O–H groups in total. The topological polar surface area (TPSA) is 95.2 Å². The number of aromatic nitrogens is 2. The summed E-state index contributed by atoms with van der Waals surface area (Å²) in [5, 5.41) is 15.1. The highest BCUT2D eigenvalue weighted by atomic mass is 32.1. The summed E-state index contributed by atoms with van der Waals surface area (Å²) in [5.41, 5.74) is 5.24. The molecule has 0 saturated heterocycles. The van der Waals surface area contributed by atoms with E-state index in [2.05, 4.69) is 27.5 Å². The van der Waals surface area contributed by atoms with E-state index in [0.717, 1.165) is 42.7 Å². The fourth-order valence-corrected chi connectivity index (χ4v) is 5.86. The van der Waals surface area contributed by atoms with Gasteiger partial charge in [-0.1, -0.05) is 60.7 Å². The van der Waals surface area contributed by atoms with Gasteiger partial charge in [0.1, 0.15) is 21.0 Å². The number of hydrogen-bond donors (Lipinski definition) is 3. The number of carbonyl (C=O) groups is 2. The summed E-state index contributed by atoms with van der Waals surface area (Å²) < 4.78 is 5.01. The van der Waals surface area contributed by atoms with Gasteiger partial charge in [-0.25, -0.2) is 9.59 Å². The van der Waals surface area contributed by atoms with Gasteiger partial charge in [-0.05, 0) is 30.2 Å². The fraction of sp³-hybridized carbons (Fsp3) is 0.0714. The van der Waals surface area contributed by atoms with Crippen molar-refractivity contribution in [1.82, 2.24) is 9.97 Å². The van der Waals surface area contributed by atoms with Crippen molar-refractivity contribution in [3.63, 3.8) is 0 Å². The molecule has 6 aromatic rings. The average molecular weight is 515 g/mol. The highest BCUT2D eigenvalue weighted by Crippen LogP contribution is 2.35. The lowest BCUT2D eigenvalue weighted by Crippen LogP contribution is -2.04. The van der Waals surface area contributed by atoms with Crippen molar-refractivity contribution in [2.75, 3.05) is 6.61 Å². The van der Waals surface area contributed by atoms with Gasteiger partial charge in [0.25, 0.3) is 0 Å². The molecule has 2 aromatic carbocycles. The molecule has 6 nitrogen and oxygen atoms in total. The van der Waals surface area contributed by atoms with Crippen molar-refractivity contribution < 1.29 is 19.4 Å². The molecule has 0 atom stereocenters.